The van der Waals surface area contributed by atoms with Gasteiger partial charge in [0.15, 0.2) is 0 Å². The Morgan fingerprint density at radius 2 is 1.94 bits per heavy atom. The number of carbonyl (C=O) groups excluding carboxylic acids is 2. The smallest absolute Gasteiger partial charge is 0.269 e. The molecule has 35 heavy (non-hydrogen) atoms. The lowest BCUT2D eigenvalue weighted by molar-refractivity contribution is -0.131. The maximum absolute atomic E-state index is 13.1. The van der Waals surface area contributed by atoms with E-state index in [4.69, 9.17) is 0 Å². The summed E-state index contributed by atoms with van der Waals surface area (Å²) in [5, 5.41) is 6.52. The zero-order chi connectivity index (χ0) is 24.5. The van der Waals surface area contributed by atoms with Gasteiger partial charge < -0.3 is 9.80 Å². The zero-order valence-electron chi connectivity index (χ0n) is 20.8. The number of unbranched alkanes of at least 4 members (excludes halogenated alkanes) is 1. The summed E-state index contributed by atoms with van der Waals surface area (Å²) in [6, 6.07) is 8.54. The molecule has 0 bridgehead atoms. The second kappa shape index (κ2) is 9.89. The number of nitrogens with one attached hydrogen (secondary N) is 1. The highest BCUT2D eigenvalue weighted by atomic mass is 32.1. The minimum Gasteiger partial charge on any atom is -0.368 e. The van der Waals surface area contributed by atoms with Crippen LogP contribution < -0.4 is 15.2 Å². The molecule has 3 aliphatic heterocycles. The topological polar surface area (TPSA) is 71.5 Å². The van der Waals surface area contributed by atoms with Crippen LogP contribution in [0.2, 0.25) is 0 Å². The Kier molecular flexibility index (Phi) is 6.69. The third-order valence-electron chi connectivity index (χ3n) is 7.13. The highest BCUT2D eigenvalue weighted by Gasteiger charge is 2.43. The van der Waals surface area contributed by atoms with Crippen molar-refractivity contribution in [2.24, 2.45) is 5.10 Å². The van der Waals surface area contributed by atoms with Gasteiger partial charge in [0.2, 0.25) is 12.2 Å². The molecule has 1 aromatic heterocycles. The first kappa shape index (κ1) is 23.7. The van der Waals surface area contributed by atoms with Gasteiger partial charge in [-0.05, 0) is 43.3 Å². The highest BCUT2D eigenvalue weighted by Crippen LogP contribution is 2.37. The van der Waals surface area contributed by atoms with Crippen LogP contribution in [-0.2, 0) is 4.79 Å². The van der Waals surface area contributed by atoms with Gasteiger partial charge in [0.05, 0.1) is 5.69 Å². The molecule has 0 aliphatic carbocycles. The summed E-state index contributed by atoms with van der Waals surface area (Å²) in [7, 11) is 0. The molecule has 1 saturated heterocycles. The van der Waals surface area contributed by atoms with Crippen molar-refractivity contribution in [1.82, 2.24) is 15.2 Å². The van der Waals surface area contributed by atoms with Crippen molar-refractivity contribution in [2.45, 2.75) is 52.7 Å². The normalized spacial score (nSPS) is 19.5. The van der Waals surface area contributed by atoms with E-state index in [1.54, 1.807) is 0 Å². The molecule has 1 N–H and O–H groups in total. The molecule has 5 rings (SSSR count). The van der Waals surface area contributed by atoms with E-state index in [1.165, 1.54) is 28.2 Å². The fourth-order valence-corrected chi connectivity index (χ4v) is 6.06. The molecule has 2 aromatic rings. The Labute approximate surface area is 211 Å². The predicted molar refractivity (Wildman–Crippen MR) is 141 cm³/mol. The molecule has 3 aliphatic rings. The summed E-state index contributed by atoms with van der Waals surface area (Å²) in [6.07, 6.45) is 2.62. The van der Waals surface area contributed by atoms with Crippen LogP contribution in [0.1, 0.15) is 53.4 Å². The van der Waals surface area contributed by atoms with Gasteiger partial charge in [-0.2, -0.15) is 5.10 Å². The van der Waals surface area contributed by atoms with Gasteiger partial charge in [-0.1, -0.05) is 31.0 Å². The number of rotatable bonds is 7. The summed E-state index contributed by atoms with van der Waals surface area (Å²) >= 11 is 1.47. The molecular formula is C26H34N6O2S. The first-order chi connectivity index (χ1) is 17.0. The minimum absolute atomic E-state index is 0.0615. The number of aryl methyl sites for hydroxylation is 2. The number of hydrogen-bond acceptors (Lipinski definition) is 7. The van der Waals surface area contributed by atoms with Crippen LogP contribution in [0.5, 0.6) is 0 Å². The molecule has 9 heteroatoms. The number of amides is 2. The monoisotopic (exact) mass is 494 g/mol. The second-order valence-electron chi connectivity index (χ2n) is 9.55. The van der Waals surface area contributed by atoms with E-state index in [-0.39, 0.29) is 18.1 Å². The van der Waals surface area contributed by atoms with Crippen LogP contribution >= 0.6 is 11.3 Å². The van der Waals surface area contributed by atoms with E-state index in [2.05, 4.69) is 59.3 Å². The van der Waals surface area contributed by atoms with Gasteiger partial charge in [0, 0.05) is 51.3 Å². The maximum atomic E-state index is 13.1. The number of hydrogen-bond donors (Lipinski definition) is 1. The highest BCUT2D eigenvalue weighted by molar-refractivity contribution is 7.12. The van der Waals surface area contributed by atoms with E-state index in [0.717, 1.165) is 55.4 Å². The number of thiophene rings is 1. The molecule has 1 aromatic carbocycles. The van der Waals surface area contributed by atoms with E-state index in [9.17, 15) is 9.59 Å². The zero-order valence-corrected chi connectivity index (χ0v) is 21.6. The molecule has 186 valence electrons. The number of carbonyl (C=O) groups is 2. The molecule has 1 fully saturated rings. The van der Waals surface area contributed by atoms with E-state index >= 15 is 0 Å². The lowest BCUT2D eigenvalue weighted by atomic mass is 10.1. The van der Waals surface area contributed by atoms with Crippen LogP contribution in [0.4, 0.5) is 11.4 Å². The van der Waals surface area contributed by atoms with Crippen LogP contribution in [0.15, 0.2) is 34.7 Å². The molecule has 0 radical (unpaired) electrons. The molecule has 1 atom stereocenters. The maximum Gasteiger partial charge on any atom is 0.269 e. The minimum atomic E-state index is -0.303. The standard InChI is InChI=1S/C26H34N6O2S/c1-4-5-11-31-25(34)24-21(10-16-35-24)32-22(27-28-26(31)32)8-9-23(33)30-14-12-29(13-15-30)20-7-6-18(2)17-19(20)3/h6-7,10,16-17,26,28H,4-5,8-9,11-15H2,1-3H3. The average Bonchev–Trinajstić information content (AvgIpc) is 3.50. The third-order valence-corrected chi connectivity index (χ3v) is 8.02. The number of amidine groups is 1. The summed E-state index contributed by atoms with van der Waals surface area (Å²) in [4.78, 5) is 35.2. The Morgan fingerprint density at radius 1 is 1.14 bits per heavy atom. The van der Waals surface area contributed by atoms with Crippen molar-refractivity contribution in [2.75, 3.05) is 42.5 Å². The number of piperazine rings is 1. The third kappa shape index (κ3) is 4.49. The van der Waals surface area contributed by atoms with Crippen molar-refractivity contribution < 1.29 is 9.59 Å². The average molecular weight is 495 g/mol. The molecule has 4 heterocycles. The summed E-state index contributed by atoms with van der Waals surface area (Å²) in [5.41, 5.74) is 7.87. The van der Waals surface area contributed by atoms with E-state index < -0.39 is 0 Å². The van der Waals surface area contributed by atoms with Gasteiger partial charge in [0.25, 0.3) is 5.91 Å². The van der Waals surface area contributed by atoms with Gasteiger partial charge in [-0.15, -0.1) is 11.3 Å². The Balaban J connectivity index is 1.19. The second-order valence-corrected chi connectivity index (χ2v) is 10.5. The molecule has 0 spiro atoms. The van der Waals surface area contributed by atoms with Gasteiger partial charge in [-0.3, -0.25) is 24.8 Å². The van der Waals surface area contributed by atoms with Gasteiger partial charge in [-0.25, -0.2) is 0 Å². The first-order valence-electron chi connectivity index (χ1n) is 12.6. The van der Waals surface area contributed by atoms with Crippen LogP contribution in [0.25, 0.3) is 0 Å². The van der Waals surface area contributed by atoms with Crippen LogP contribution in [-0.4, -0.2) is 66.5 Å². The molecular weight excluding hydrogens is 460 g/mol. The SMILES string of the molecule is CCCCN1C(=O)c2sccc2N2C(CCC(=O)N3CCN(c4ccc(C)cc4C)CC3)=NNC12. The number of fused-ring (bicyclic) bond motifs is 3. The Morgan fingerprint density at radius 3 is 2.69 bits per heavy atom. The van der Waals surface area contributed by atoms with Crippen molar-refractivity contribution in [3.63, 3.8) is 0 Å². The lowest BCUT2D eigenvalue weighted by Crippen LogP contribution is -2.58. The Hall–Kier alpha value is -3.07. The van der Waals surface area contributed by atoms with Crippen molar-refractivity contribution in [1.29, 1.82) is 0 Å². The molecule has 8 nitrogen and oxygen atoms in total. The van der Waals surface area contributed by atoms with Crippen molar-refractivity contribution >= 4 is 40.4 Å². The van der Waals surface area contributed by atoms with Crippen LogP contribution in [0, 0.1) is 13.8 Å². The van der Waals surface area contributed by atoms with Gasteiger partial charge in [0.1, 0.15) is 10.7 Å². The summed E-state index contributed by atoms with van der Waals surface area (Å²) in [5.74, 6) is 1.05. The molecule has 0 saturated carbocycles. The van der Waals surface area contributed by atoms with Crippen molar-refractivity contribution in [3.05, 3.63) is 45.6 Å². The quantitative estimate of drug-likeness (QED) is 0.635. The number of anilines is 2. The molecule has 2 amide bonds. The Bertz CT molecular complexity index is 1140. The number of nitrogens with zero attached hydrogens (tertiary/aromatic N) is 5. The fraction of sp³-hybridized carbons (Fsp3) is 0.500. The number of benzene rings is 1. The van der Waals surface area contributed by atoms with E-state index in [1.807, 2.05) is 21.2 Å². The largest absolute Gasteiger partial charge is 0.368 e. The summed E-state index contributed by atoms with van der Waals surface area (Å²) < 4.78 is 0. The van der Waals surface area contributed by atoms with Crippen LogP contribution in [0.3, 0.4) is 0 Å². The first-order valence-corrected chi connectivity index (χ1v) is 13.5. The number of hydrazone groups is 1. The van der Waals surface area contributed by atoms with Gasteiger partial charge >= 0.3 is 0 Å². The van der Waals surface area contributed by atoms with E-state index in [0.29, 0.717) is 19.4 Å². The lowest BCUT2D eigenvalue weighted by Gasteiger charge is -2.40. The predicted octanol–water partition coefficient (Wildman–Crippen LogP) is 3.76. The summed E-state index contributed by atoms with van der Waals surface area (Å²) in [6.45, 7) is 10.2. The van der Waals surface area contributed by atoms with Crippen molar-refractivity contribution in [3.8, 4) is 0 Å². The molecule has 1 unspecified atom stereocenters. The fourth-order valence-electron chi connectivity index (χ4n) is 5.22.